The summed E-state index contributed by atoms with van der Waals surface area (Å²) in [4.78, 5) is 17.1. The smallest absolute Gasteiger partial charge is 0.232 e. The maximum absolute atomic E-state index is 5.65. The molecule has 2 aromatic rings. The summed E-state index contributed by atoms with van der Waals surface area (Å²) in [6, 6.07) is 11.0. The molecule has 0 atom stereocenters. The lowest BCUT2D eigenvalue weighted by Crippen LogP contribution is -2.35. The van der Waals surface area contributed by atoms with Crippen molar-refractivity contribution >= 4 is 40.6 Å². The fraction of sp³-hybridized carbons (Fsp3) is 0.607. The molecular formula is C28H41N7S. The number of rotatable bonds is 6. The maximum Gasteiger partial charge on any atom is 0.232 e. The fourth-order valence-electron chi connectivity index (χ4n) is 5.47. The van der Waals surface area contributed by atoms with Crippen molar-refractivity contribution in [2.75, 3.05) is 59.3 Å². The Morgan fingerprint density at radius 1 is 0.806 bits per heavy atom. The van der Waals surface area contributed by atoms with E-state index in [-0.39, 0.29) is 0 Å². The van der Waals surface area contributed by atoms with Gasteiger partial charge in [-0.2, -0.15) is 9.97 Å². The first kappa shape index (κ1) is 25.1. The lowest BCUT2D eigenvalue weighted by molar-refractivity contribution is 0.436. The molecule has 194 valence electrons. The van der Waals surface area contributed by atoms with Gasteiger partial charge in [0, 0.05) is 57.6 Å². The number of nitrogens with zero attached hydrogens (tertiary/aromatic N) is 5. The minimum Gasteiger partial charge on any atom is -0.372 e. The van der Waals surface area contributed by atoms with Gasteiger partial charge in [-0.05, 0) is 74.4 Å². The molecule has 0 radical (unpaired) electrons. The van der Waals surface area contributed by atoms with E-state index in [4.69, 9.17) is 22.2 Å². The molecule has 0 amide bonds. The number of hydrogen-bond donors (Lipinski definition) is 2. The quantitative estimate of drug-likeness (QED) is 0.519. The van der Waals surface area contributed by atoms with Gasteiger partial charge in [-0.15, -0.1) is 0 Å². The standard InChI is InChI=1S/C28H41N7S/c1-22-12-18-35(19-13-22)26-20-25(34-16-4-2-3-5-17-34)30-27(31-26)32-28(36)29-21-23-8-10-24(11-9-23)33-14-6-7-15-33/h8-11,20,22H,2-7,12-19,21H2,1H3,(H2,29,30,31,32,36). The molecule has 0 aliphatic carbocycles. The number of aromatic nitrogens is 2. The largest absolute Gasteiger partial charge is 0.372 e. The zero-order valence-corrected chi connectivity index (χ0v) is 22.5. The average Bonchev–Trinajstić information content (AvgIpc) is 3.30. The zero-order valence-electron chi connectivity index (χ0n) is 21.7. The van der Waals surface area contributed by atoms with Crippen LogP contribution >= 0.6 is 12.2 Å². The molecule has 1 aromatic heterocycles. The van der Waals surface area contributed by atoms with Crippen LogP contribution in [-0.2, 0) is 6.54 Å². The van der Waals surface area contributed by atoms with Gasteiger partial charge in [0.15, 0.2) is 5.11 Å². The van der Waals surface area contributed by atoms with Crippen LogP contribution in [0.2, 0.25) is 0 Å². The highest BCUT2D eigenvalue weighted by molar-refractivity contribution is 7.80. The van der Waals surface area contributed by atoms with Crippen molar-refractivity contribution in [1.82, 2.24) is 15.3 Å². The molecule has 8 heteroatoms. The molecule has 3 aliphatic rings. The lowest BCUT2D eigenvalue weighted by Gasteiger charge is -2.32. The number of nitrogens with one attached hydrogen (secondary N) is 2. The van der Waals surface area contributed by atoms with Crippen LogP contribution in [-0.4, -0.2) is 54.3 Å². The number of piperidine rings is 1. The third-order valence-electron chi connectivity index (χ3n) is 7.82. The lowest BCUT2D eigenvalue weighted by atomic mass is 9.99. The van der Waals surface area contributed by atoms with E-state index < -0.39 is 0 Å². The van der Waals surface area contributed by atoms with Gasteiger partial charge in [-0.1, -0.05) is 31.9 Å². The zero-order chi connectivity index (χ0) is 24.7. The highest BCUT2D eigenvalue weighted by atomic mass is 32.1. The van der Waals surface area contributed by atoms with Crippen molar-refractivity contribution in [3.8, 4) is 0 Å². The predicted octanol–water partition coefficient (Wildman–Crippen LogP) is 5.18. The molecule has 0 spiro atoms. The SMILES string of the molecule is CC1CCN(c2cc(N3CCCCCC3)nc(NC(=S)NCc3ccc(N4CCCC4)cc3)n2)CC1. The summed E-state index contributed by atoms with van der Waals surface area (Å²) < 4.78 is 0. The Hall–Kier alpha value is -2.61. The van der Waals surface area contributed by atoms with Crippen LogP contribution in [0.1, 0.15) is 63.9 Å². The third kappa shape index (κ3) is 6.58. The monoisotopic (exact) mass is 507 g/mol. The minimum absolute atomic E-state index is 0.560. The predicted molar refractivity (Wildman–Crippen MR) is 154 cm³/mol. The fourth-order valence-corrected chi connectivity index (χ4v) is 5.63. The van der Waals surface area contributed by atoms with E-state index in [9.17, 15) is 0 Å². The summed E-state index contributed by atoms with van der Waals surface area (Å²) in [5.74, 6) is 3.40. The number of benzene rings is 1. The molecular weight excluding hydrogens is 466 g/mol. The van der Waals surface area contributed by atoms with E-state index >= 15 is 0 Å². The highest BCUT2D eigenvalue weighted by Crippen LogP contribution is 2.27. The first-order chi connectivity index (χ1) is 17.6. The van der Waals surface area contributed by atoms with Crippen LogP contribution < -0.4 is 25.3 Å². The first-order valence-electron chi connectivity index (χ1n) is 13.9. The number of anilines is 4. The molecule has 36 heavy (non-hydrogen) atoms. The molecule has 2 N–H and O–H groups in total. The van der Waals surface area contributed by atoms with Gasteiger partial charge >= 0.3 is 0 Å². The Kier molecular flexibility index (Phi) is 8.41. The van der Waals surface area contributed by atoms with Gasteiger partial charge in [-0.25, -0.2) is 0 Å². The molecule has 3 saturated heterocycles. The summed E-state index contributed by atoms with van der Waals surface area (Å²) in [6.07, 6.45) is 10.1. The second kappa shape index (κ2) is 12.1. The van der Waals surface area contributed by atoms with Crippen molar-refractivity contribution < 1.29 is 0 Å². The summed E-state index contributed by atoms with van der Waals surface area (Å²) in [6.45, 7) is 9.57. The van der Waals surface area contributed by atoms with Gasteiger partial charge in [0.2, 0.25) is 5.95 Å². The van der Waals surface area contributed by atoms with Crippen LogP contribution in [0.5, 0.6) is 0 Å². The Balaban J connectivity index is 1.24. The van der Waals surface area contributed by atoms with Crippen molar-refractivity contribution in [2.45, 2.75) is 64.8 Å². The minimum atomic E-state index is 0.560. The molecule has 1 aromatic carbocycles. The number of thiocarbonyl (C=S) groups is 1. The van der Waals surface area contributed by atoms with Crippen LogP contribution in [0, 0.1) is 5.92 Å². The molecule has 3 aliphatic heterocycles. The van der Waals surface area contributed by atoms with Crippen molar-refractivity contribution in [3.05, 3.63) is 35.9 Å². The van der Waals surface area contributed by atoms with Crippen molar-refractivity contribution in [2.24, 2.45) is 5.92 Å². The van der Waals surface area contributed by atoms with E-state index in [0.717, 1.165) is 43.7 Å². The maximum atomic E-state index is 5.65. The Morgan fingerprint density at radius 3 is 2.00 bits per heavy atom. The summed E-state index contributed by atoms with van der Waals surface area (Å²) >= 11 is 5.65. The van der Waals surface area contributed by atoms with E-state index in [1.54, 1.807) is 0 Å². The summed E-state index contributed by atoms with van der Waals surface area (Å²) in [5, 5.41) is 7.20. The summed E-state index contributed by atoms with van der Waals surface area (Å²) in [7, 11) is 0. The average molecular weight is 508 g/mol. The van der Waals surface area contributed by atoms with E-state index in [2.05, 4.69) is 62.6 Å². The first-order valence-corrected chi connectivity index (χ1v) is 14.3. The Morgan fingerprint density at radius 2 is 1.36 bits per heavy atom. The Labute approximate surface area is 221 Å². The summed E-state index contributed by atoms with van der Waals surface area (Å²) in [5.41, 5.74) is 2.53. The third-order valence-corrected chi connectivity index (χ3v) is 8.07. The van der Waals surface area contributed by atoms with Crippen LogP contribution in [0.3, 0.4) is 0 Å². The molecule has 5 rings (SSSR count). The normalized spacial score (nSPS) is 19.3. The molecule has 0 unspecified atom stereocenters. The van der Waals surface area contributed by atoms with Crippen LogP contribution in [0.25, 0.3) is 0 Å². The topological polar surface area (TPSA) is 59.6 Å². The Bertz CT molecular complexity index is 989. The molecule has 0 saturated carbocycles. The molecule has 7 nitrogen and oxygen atoms in total. The van der Waals surface area contributed by atoms with Gasteiger partial charge in [0.1, 0.15) is 11.6 Å². The van der Waals surface area contributed by atoms with E-state index in [1.165, 1.54) is 75.7 Å². The van der Waals surface area contributed by atoms with E-state index in [0.29, 0.717) is 17.6 Å². The van der Waals surface area contributed by atoms with Gasteiger partial charge < -0.3 is 25.3 Å². The van der Waals surface area contributed by atoms with Crippen LogP contribution in [0.4, 0.5) is 23.3 Å². The van der Waals surface area contributed by atoms with Crippen LogP contribution in [0.15, 0.2) is 30.3 Å². The molecule has 0 bridgehead atoms. The van der Waals surface area contributed by atoms with E-state index in [1.807, 2.05) is 0 Å². The van der Waals surface area contributed by atoms with Crippen molar-refractivity contribution in [1.29, 1.82) is 0 Å². The second-order valence-electron chi connectivity index (χ2n) is 10.6. The van der Waals surface area contributed by atoms with Gasteiger partial charge in [0.05, 0.1) is 0 Å². The van der Waals surface area contributed by atoms with Gasteiger partial charge in [0.25, 0.3) is 0 Å². The van der Waals surface area contributed by atoms with Gasteiger partial charge in [-0.3, -0.25) is 0 Å². The van der Waals surface area contributed by atoms with Crippen molar-refractivity contribution in [3.63, 3.8) is 0 Å². The molecule has 4 heterocycles. The molecule has 3 fully saturated rings. The highest BCUT2D eigenvalue weighted by Gasteiger charge is 2.21. The second-order valence-corrected chi connectivity index (χ2v) is 11.1. The number of hydrogen-bond acceptors (Lipinski definition) is 6.